The normalized spacial score (nSPS) is 21.4. The summed E-state index contributed by atoms with van der Waals surface area (Å²) in [5, 5.41) is 0. The van der Waals surface area contributed by atoms with E-state index in [1.807, 2.05) is 21.9 Å². The number of methoxy groups -OCH3 is 1. The second kappa shape index (κ2) is 7.89. The zero-order valence-electron chi connectivity index (χ0n) is 15.2. The van der Waals surface area contributed by atoms with Crippen molar-refractivity contribution in [1.29, 1.82) is 0 Å². The molecule has 136 valence electrons. The smallest absolute Gasteiger partial charge is 0.225 e. The molecule has 2 heterocycles. The van der Waals surface area contributed by atoms with Crippen LogP contribution in [0.5, 0.6) is 5.75 Å². The summed E-state index contributed by atoms with van der Waals surface area (Å²) in [4.78, 5) is 28.1. The molecule has 3 rings (SSSR count). The lowest BCUT2D eigenvalue weighted by Crippen LogP contribution is -2.43. The van der Waals surface area contributed by atoms with Gasteiger partial charge in [0.1, 0.15) is 5.75 Å². The van der Waals surface area contributed by atoms with Crippen LogP contribution in [0.4, 0.5) is 0 Å². The molecule has 1 aromatic carbocycles. The lowest BCUT2D eigenvalue weighted by Gasteiger charge is -2.32. The first-order valence-electron chi connectivity index (χ1n) is 9.24. The van der Waals surface area contributed by atoms with Gasteiger partial charge < -0.3 is 14.5 Å². The zero-order valence-corrected chi connectivity index (χ0v) is 15.2. The van der Waals surface area contributed by atoms with Crippen molar-refractivity contribution < 1.29 is 14.3 Å². The molecule has 1 aromatic rings. The number of carbonyl (C=O) groups is 2. The first kappa shape index (κ1) is 17.8. The number of hydrogen-bond donors (Lipinski definition) is 0. The molecule has 5 nitrogen and oxygen atoms in total. The Kier molecular flexibility index (Phi) is 5.61. The molecular formula is C20H28N2O3. The summed E-state index contributed by atoms with van der Waals surface area (Å²) in [6, 6.07) is 8.22. The summed E-state index contributed by atoms with van der Waals surface area (Å²) in [7, 11) is 1.68. The number of rotatable bonds is 4. The molecule has 0 aromatic heterocycles. The van der Waals surface area contributed by atoms with Crippen molar-refractivity contribution in [2.45, 2.75) is 32.6 Å². The lowest BCUT2D eigenvalue weighted by molar-refractivity contribution is -0.139. The van der Waals surface area contributed by atoms with Crippen LogP contribution in [0.25, 0.3) is 0 Å². The van der Waals surface area contributed by atoms with Gasteiger partial charge in [-0.2, -0.15) is 0 Å². The fourth-order valence-electron chi connectivity index (χ4n) is 3.99. The van der Waals surface area contributed by atoms with Crippen molar-refractivity contribution >= 4 is 11.8 Å². The number of nitrogens with zero attached hydrogens (tertiary/aromatic N) is 2. The van der Waals surface area contributed by atoms with Crippen LogP contribution in [0, 0.1) is 11.8 Å². The molecule has 2 fully saturated rings. The minimum absolute atomic E-state index is 0.0929. The Morgan fingerprint density at radius 3 is 2.28 bits per heavy atom. The Morgan fingerprint density at radius 2 is 1.68 bits per heavy atom. The molecule has 5 heteroatoms. The van der Waals surface area contributed by atoms with Crippen molar-refractivity contribution in [2.75, 3.05) is 33.3 Å². The Morgan fingerprint density at radius 1 is 1.04 bits per heavy atom. The molecule has 0 radical (unpaired) electrons. The molecule has 2 saturated heterocycles. The Balaban J connectivity index is 1.48. The number of ether oxygens (including phenoxy) is 1. The van der Waals surface area contributed by atoms with E-state index in [2.05, 4.69) is 12.1 Å². The molecule has 1 unspecified atom stereocenters. The Bertz CT molecular complexity index is 606. The fourth-order valence-corrected chi connectivity index (χ4v) is 3.99. The predicted octanol–water partition coefficient (Wildman–Crippen LogP) is 2.34. The highest BCUT2D eigenvalue weighted by molar-refractivity contribution is 5.80. The number of hydrogen-bond acceptors (Lipinski definition) is 3. The number of benzene rings is 1. The second-order valence-corrected chi connectivity index (χ2v) is 7.27. The predicted molar refractivity (Wildman–Crippen MR) is 96.4 cm³/mol. The molecule has 2 aliphatic rings. The highest BCUT2D eigenvalue weighted by atomic mass is 16.5. The Hall–Kier alpha value is -2.04. The lowest BCUT2D eigenvalue weighted by atomic mass is 9.95. The largest absolute Gasteiger partial charge is 0.497 e. The van der Waals surface area contributed by atoms with Gasteiger partial charge in [0.15, 0.2) is 0 Å². The molecular weight excluding hydrogens is 316 g/mol. The van der Waals surface area contributed by atoms with Gasteiger partial charge in [0.05, 0.1) is 7.11 Å². The zero-order chi connectivity index (χ0) is 17.8. The van der Waals surface area contributed by atoms with Crippen LogP contribution in [-0.2, 0) is 16.0 Å². The van der Waals surface area contributed by atoms with E-state index in [1.54, 1.807) is 14.0 Å². The second-order valence-electron chi connectivity index (χ2n) is 7.27. The molecule has 0 bridgehead atoms. The van der Waals surface area contributed by atoms with Gasteiger partial charge in [0, 0.05) is 39.0 Å². The van der Waals surface area contributed by atoms with Crippen molar-refractivity contribution in [3.63, 3.8) is 0 Å². The van der Waals surface area contributed by atoms with Crippen LogP contribution in [0.1, 0.15) is 31.7 Å². The van der Waals surface area contributed by atoms with E-state index < -0.39 is 0 Å². The fraction of sp³-hybridized carbons (Fsp3) is 0.600. The van der Waals surface area contributed by atoms with E-state index in [1.165, 1.54) is 5.56 Å². The highest BCUT2D eigenvalue weighted by Gasteiger charge is 2.33. The number of carbonyl (C=O) groups excluding carboxylic acids is 2. The molecule has 0 saturated carbocycles. The minimum Gasteiger partial charge on any atom is -0.497 e. The van der Waals surface area contributed by atoms with Gasteiger partial charge in [-0.3, -0.25) is 9.59 Å². The number of likely N-dealkylation sites (tertiary alicyclic amines) is 2. The topological polar surface area (TPSA) is 49.9 Å². The van der Waals surface area contributed by atoms with Crippen molar-refractivity contribution in [2.24, 2.45) is 11.8 Å². The van der Waals surface area contributed by atoms with Gasteiger partial charge in [-0.15, -0.1) is 0 Å². The van der Waals surface area contributed by atoms with E-state index in [-0.39, 0.29) is 11.8 Å². The van der Waals surface area contributed by atoms with Crippen LogP contribution in [0.3, 0.4) is 0 Å². The number of piperidine rings is 1. The minimum atomic E-state index is 0.0929. The van der Waals surface area contributed by atoms with E-state index in [4.69, 9.17) is 4.74 Å². The van der Waals surface area contributed by atoms with Crippen molar-refractivity contribution in [3.05, 3.63) is 29.8 Å². The summed E-state index contributed by atoms with van der Waals surface area (Å²) >= 11 is 0. The molecule has 2 aliphatic heterocycles. The first-order valence-corrected chi connectivity index (χ1v) is 9.24. The maximum Gasteiger partial charge on any atom is 0.225 e. The quantitative estimate of drug-likeness (QED) is 0.842. The average Bonchev–Trinajstić information content (AvgIpc) is 3.10. The maximum absolute atomic E-state index is 12.8. The van der Waals surface area contributed by atoms with Gasteiger partial charge in [-0.1, -0.05) is 12.1 Å². The molecule has 2 amide bonds. The van der Waals surface area contributed by atoms with Crippen LogP contribution in [0.2, 0.25) is 0 Å². The average molecular weight is 344 g/mol. The van der Waals surface area contributed by atoms with E-state index >= 15 is 0 Å². The SMILES string of the molecule is COc1ccc(CC2CCN(C(=O)C3CCN(C(C)=O)CC3)C2)cc1. The van der Waals surface area contributed by atoms with Gasteiger partial charge in [0.2, 0.25) is 11.8 Å². The molecule has 1 atom stereocenters. The first-order chi connectivity index (χ1) is 12.1. The summed E-state index contributed by atoms with van der Waals surface area (Å²) < 4.78 is 5.20. The van der Waals surface area contributed by atoms with Crippen LogP contribution in [0.15, 0.2) is 24.3 Å². The summed E-state index contributed by atoms with van der Waals surface area (Å²) in [6.07, 6.45) is 3.69. The summed E-state index contributed by atoms with van der Waals surface area (Å²) in [6.45, 7) is 4.76. The van der Waals surface area contributed by atoms with Crippen LogP contribution >= 0.6 is 0 Å². The monoisotopic (exact) mass is 344 g/mol. The third-order valence-electron chi connectivity index (χ3n) is 5.57. The van der Waals surface area contributed by atoms with Crippen molar-refractivity contribution in [1.82, 2.24) is 9.80 Å². The third-order valence-corrected chi connectivity index (χ3v) is 5.57. The van der Waals surface area contributed by atoms with Gasteiger partial charge >= 0.3 is 0 Å². The summed E-state index contributed by atoms with van der Waals surface area (Å²) in [5.41, 5.74) is 1.30. The number of amides is 2. The van der Waals surface area contributed by atoms with Crippen LogP contribution in [-0.4, -0.2) is 54.9 Å². The molecule has 0 spiro atoms. The maximum atomic E-state index is 12.8. The van der Waals surface area contributed by atoms with E-state index in [0.29, 0.717) is 11.8 Å². The molecule has 0 aliphatic carbocycles. The van der Waals surface area contributed by atoms with E-state index in [0.717, 1.165) is 57.6 Å². The highest BCUT2D eigenvalue weighted by Crippen LogP contribution is 2.26. The van der Waals surface area contributed by atoms with Gasteiger partial charge in [-0.25, -0.2) is 0 Å². The summed E-state index contributed by atoms with van der Waals surface area (Å²) in [5.74, 6) is 1.92. The van der Waals surface area contributed by atoms with E-state index in [9.17, 15) is 9.59 Å². The Labute approximate surface area is 149 Å². The molecule has 0 N–H and O–H groups in total. The van der Waals surface area contributed by atoms with Crippen LogP contribution < -0.4 is 4.74 Å². The molecule has 25 heavy (non-hydrogen) atoms. The van der Waals surface area contributed by atoms with Gasteiger partial charge in [-0.05, 0) is 49.3 Å². The third kappa shape index (κ3) is 4.33. The standard InChI is InChI=1S/C20H28N2O3/c1-15(23)21-11-8-18(9-12-21)20(24)22-10-7-17(14-22)13-16-3-5-19(25-2)6-4-16/h3-6,17-18H,7-14H2,1-2H3. The van der Waals surface area contributed by atoms with Gasteiger partial charge in [0.25, 0.3) is 0 Å². The van der Waals surface area contributed by atoms with Crippen molar-refractivity contribution in [3.8, 4) is 5.75 Å².